The highest BCUT2D eigenvalue weighted by atomic mass is 32.1. The first kappa shape index (κ1) is 18.5. The van der Waals surface area contributed by atoms with Crippen molar-refractivity contribution >= 4 is 23.3 Å². The van der Waals surface area contributed by atoms with Gasteiger partial charge in [-0.25, -0.2) is 4.39 Å². The molecule has 0 aliphatic heterocycles. The van der Waals surface area contributed by atoms with Crippen LogP contribution in [-0.4, -0.2) is 28.2 Å². The number of nitrogens with zero attached hydrogens (tertiary/aromatic N) is 3. The van der Waals surface area contributed by atoms with Crippen LogP contribution in [0.25, 0.3) is 11.0 Å². The zero-order chi connectivity index (χ0) is 18.8. The maximum atomic E-state index is 13.8. The van der Waals surface area contributed by atoms with Crippen molar-refractivity contribution in [1.29, 1.82) is 0 Å². The van der Waals surface area contributed by atoms with Crippen molar-refractivity contribution in [3.05, 3.63) is 58.6 Å². The van der Waals surface area contributed by atoms with Crippen LogP contribution in [0.5, 0.6) is 5.75 Å². The number of halogens is 3. The minimum atomic E-state index is -2.71. The molecular weight excluding hydrogens is 363 g/mol. The van der Waals surface area contributed by atoms with Gasteiger partial charge in [0.25, 0.3) is 0 Å². The quantitative estimate of drug-likeness (QED) is 0.573. The number of para-hydroxylation sites is 2. The maximum Gasteiger partial charge on any atom is 0.321 e. The van der Waals surface area contributed by atoms with Gasteiger partial charge in [-0.15, -0.1) is 0 Å². The molecule has 2 aromatic carbocycles. The van der Waals surface area contributed by atoms with Crippen molar-refractivity contribution in [2.45, 2.75) is 19.8 Å². The lowest BCUT2D eigenvalue weighted by Gasteiger charge is -2.18. The second kappa shape index (κ2) is 7.51. The van der Waals surface area contributed by atoms with Crippen LogP contribution in [0.1, 0.15) is 12.1 Å². The van der Waals surface area contributed by atoms with Gasteiger partial charge in [-0.1, -0.05) is 18.2 Å². The van der Waals surface area contributed by atoms with Crippen molar-refractivity contribution in [2.24, 2.45) is 0 Å². The Balaban J connectivity index is 1.88. The smallest absolute Gasteiger partial charge is 0.321 e. The Hall–Kier alpha value is -2.32. The van der Waals surface area contributed by atoms with Gasteiger partial charge in [0.2, 0.25) is 0 Å². The molecule has 4 nitrogen and oxygen atoms in total. The summed E-state index contributed by atoms with van der Waals surface area (Å²) in [6, 6.07) is 11.6. The summed E-state index contributed by atoms with van der Waals surface area (Å²) in [5, 5.41) is 0. The number of fused-ring (bicyclic) bond motifs is 1. The predicted molar refractivity (Wildman–Crippen MR) is 96.4 cm³/mol. The summed E-state index contributed by atoms with van der Waals surface area (Å²) in [6.45, 7) is -1.99. The van der Waals surface area contributed by atoms with E-state index in [4.69, 9.17) is 17.0 Å². The summed E-state index contributed by atoms with van der Waals surface area (Å²) < 4.78 is 48.1. The molecule has 138 valence electrons. The van der Waals surface area contributed by atoms with E-state index in [0.29, 0.717) is 24.2 Å². The molecule has 1 aromatic heterocycles. The zero-order valence-electron chi connectivity index (χ0n) is 14.3. The number of imidazole rings is 1. The fourth-order valence-corrected chi connectivity index (χ4v) is 3.30. The van der Waals surface area contributed by atoms with Crippen molar-refractivity contribution in [3.8, 4) is 5.75 Å². The average molecular weight is 381 g/mol. The van der Waals surface area contributed by atoms with E-state index in [1.165, 1.54) is 13.2 Å². The zero-order valence-corrected chi connectivity index (χ0v) is 15.1. The van der Waals surface area contributed by atoms with Crippen LogP contribution >= 0.6 is 12.2 Å². The third-order valence-electron chi connectivity index (χ3n) is 4.12. The first-order chi connectivity index (χ1) is 12.4. The Morgan fingerprint density at radius 2 is 1.85 bits per heavy atom. The molecule has 0 aliphatic carbocycles. The largest absolute Gasteiger partial charge is 0.494 e. The molecule has 0 atom stereocenters. The van der Waals surface area contributed by atoms with E-state index in [1.54, 1.807) is 41.0 Å². The molecule has 0 fully saturated rings. The maximum absolute atomic E-state index is 13.8. The molecule has 1 heterocycles. The first-order valence-corrected chi connectivity index (χ1v) is 8.32. The summed E-state index contributed by atoms with van der Waals surface area (Å²) >= 11 is 5.25. The van der Waals surface area contributed by atoms with E-state index in [2.05, 4.69) is 0 Å². The van der Waals surface area contributed by atoms with Gasteiger partial charge in [-0.2, -0.15) is 8.78 Å². The molecule has 0 saturated carbocycles. The first-order valence-electron chi connectivity index (χ1n) is 7.91. The molecule has 0 radical (unpaired) electrons. The van der Waals surface area contributed by atoms with Gasteiger partial charge in [0, 0.05) is 6.54 Å². The summed E-state index contributed by atoms with van der Waals surface area (Å²) in [4.78, 5) is 1.87. The van der Waals surface area contributed by atoms with Gasteiger partial charge in [-0.3, -0.25) is 9.47 Å². The lowest BCUT2D eigenvalue weighted by Crippen LogP contribution is -2.22. The molecule has 8 heteroatoms. The molecule has 3 rings (SSSR count). The van der Waals surface area contributed by atoms with Crippen molar-refractivity contribution in [1.82, 2.24) is 14.0 Å². The fourth-order valence-electron chi connectivity index (χ4n) is 2.97. The number of aromatic nitrogens is 2. The van der Waals surface area contributed by atoms with Crippen molar-refractivity contribution in [3.63, 3.8) is 0 Å². The van der Waals surface area contributed by atoms with Crippen LogP contribution in [0.15, 0.2) is 42.5 Å². The van der Waals surface area contributed by atoms with Crippen LogP contribution < -0.4 is 4.74 Å². The fraction of sp³-hybridized carbons (Fsp3) is 0.278. The molecule has 0 unspecified atom stereocenters. The van der Waals surface area contributed by atoms with Gasteiger partial charge in [-0.05, 0) is 49.1 Å². The van der Waals surface area contributed by atoms with Crippen molar-refractivity contribution < 1.29 is 17.9 Å². The number of rotatable bonds is 6. The van der Waals surface area contributed by atoms with Crippen LogP contribution in [0.4, 0.5) is 13.2 Å². The Morgan fingerprint density at radius 3 is 2.46 bits per heavy atom. The van der Waals surface area contributed by atoms with Crippen molar-refractivity contribution in [2.75, 3.05) is 14.2 Å². The highest BCUT2D eigenvalue weighted by Gasteiger charge is 2.17. The molecule has 3 aromatic rings. The van der Waals surface area contributed by atoms with Crippen LogP contribution in [0.2, 0.25) is 0 Å². The molecule has 0 spiro atoms. The molecule has 0 aliphatic rings. The Labute approximate surface area is 154 Å². The number of hydrogen-bond donors (Lipinski definition) is 0. The van der Waals surface area contributed by atoms with E-state index < -0.39 is 12.4 Å². The van der Waals surface area contributed by atoms with E-state index in [0.717, 1.165) is 10.1 Å². The Kier molecular flexibility index (Phi) is 5.33. The molecule has 0 amide bonds. The monoisotopic (exact) mass is 381 g/mol. The van der Waals surface area contributed by atoms with Crippen LogP contribution in [0.3, 0.4) is 0 Å². The topological polar surface area (TPSA) is 22.3 Å². The molecule has 26 heavy (non-hydrogen) atoms. The lowest BCUT2D eigenvalue weighted by atomic mass is 10.2. The second-order valence-electron chi connectivity index (χ2n) is 5.97. The highest BCUT2D eigenvalue weighted by Crippen LogP contribution is 2.24. The van der Waals surface area contributed by atoms with Gasteiger partial charge in [0.05, 0.1) is 24.8 Å². The number of methoxy groups -OCH3 is 1. The molecule has 0 saturated heterocycles. The van der Waals surface area contributed by atoms with Crippen LogP contribution in [0, 0.1) is 10.6 Å². The molecule has 0 bridgehead atoms. The Morgan fingerprint density at radius 1 is 1.15 bits per heavy atom. The summed E-state index contributed by atoms with van der Waals surface area (Å²) in [7, 11) is 3.23. The number of alkyl halides is 2. The number of benzene rings is 2. The van der Waals surface area contributed by atoms with E-state index in [-0.39, 0.29) is 10.5 Å². The normalized spacial score (nSPS) is 11.7. The van der Waals surface area contributed by atoms with Gasteiger partial charge < -0.3 is 9.30 Å². The minimum Gasteiger partial charge on any atom is -0.494 e. The number of hydrogen-bond acceptors (Lipinski definition) is 3. The lowest BCUT2D eigenvalue weighted by molar-refractivity contribution is 0.0717. The summed E-state index contributed by atoms with van der Waals surface area (Å²) in [5.74, 6) is -0.261. The third-order valence-corrected chi connectivity index (χ3v) is 4.53. The predicted octanol–water partition coefficient (Wildman–Crippen LogP) is 4.80. The SMILES string of the molecule is COc1ccc(CN(C)Cn2c(=S)n(C(F)F)c3ccccc32)cc1F. The van der Waals surface area contributed by atoms with Crippen LogP contribution in [-0.2, 0) is 13.2 Å². The Bertz CT molecular complexity index is 983. The van der Waals surface area contributed by atoms with Gasteiger partial charge in [0.1, 0.15) is 0 Å². The third kappa shape index (κ3) is 3.47. The highest BCUT2D eigenvalue weighted by molar-refractivity contribution is 7.71. The summed E-state index contributed by atoms with van der Waals surface area (Å²) in [6.07, 6.45) is 0. The average Bonchev–Trinajstić information content (AvgIpc) is 2.87. The second-order valence-corrected chi connectivity index (χ2v) is 6.34. The number of ether oxygens (including phenoxy) is 1. The minimum absolute atomic E-state index is 0.0500. The van der Waals surface area contributed by atoms with E-state index in [1.807, 2.05) is 11.9 Å². The van der Waals surface area contributed by atoms with Gasteiger partial charge in [0.15, 0.2) is 16.3 Å². The van der Waals surface area contributed by atoms with E-state index >= 15 is 0 Å². The molecular formula is C18H18F3N3OS. The van der Waals surface area contributed by atoms with Gasteiger partial charge >= 0.3 is 6.55 Å². The standard InChI is InChI=1S/C18H18F3N3OS/c1-22(10-12-7-8-16(25-2)13(19)9-12)11-23-14-5-3-4-6-15(14)24(17(20)21)18(23)26/h3-9,17H,10-11H2,1-2H3. The summed E-state index contributed by atoms with van der Waals surface area (Å²) in [5.41, 5.74) is 1.76. The van der Waals surface area contributed by atoms with E-state index in [9.17, 15) is 13.2 Å². The molecule has 0 N–H and O–H groups in total.